The summed E-state index contributed by atoms with van der Waals surface area (Å²) in [6.45, 7) is 1.22. The number of nitrogens with one attached hydrogen (secondary N) is 1. The number of esters is 1. The van der Waals surface area contributed by atoms with E-state index < -0.39 is 18.4 Å². The fourth-order valence-corrected chi connectivity index (χ4v) is 3.53. The largest absolute Gasteiger partial charge is 0.482 e. The van der Waals surface area contributed by atoms with E-state index in [0.29, 0.717) is 22.7 Å². The van der Waals surface area contributed by atoms with E-state index in [1.165, 1.54) is 6.07 Å². The Bertz CT molecular complexity index is 1210. The van der Waals surface area contributed by atoms with Gasteiger partial charge in [-0.1, -0.05) is 28.1 Å². The zero-order chi connectivity index (χ0) is 22.0. The van der Waals surface area contributed by atoms with Gasteiger partial charge in [0.1, 0.15) is 5.75 Å². The van der Waals surface area contributed by atoms with E-state index in [0.717, 1.165) is 15.7 Å². The lowest BCUT2D eigenvalue weighted by Crippen LogP contribution is -2.25. The molecule has 1 aliphatic rings. The monoisotopic (exact) mass is 480 g/mol. The number of rotatable bonds is 5. The molecule has 0 atom stereocenters. The Morgan fingerprint density at radius 2 is 2.00 bits per heavy atom. The molecule has 156 valence electrons. The average Bonchev–Trinajstić information content (AvgIpc) is 2.76. The van der Waals surface area contributed by atoms with Gasteiger partial charge in [-0.2, -0.15) is 0 Å². The number of nitrogens with zero attached hydrogens (tertiary/aromatic N) is 1. The van der Waals surface area contributed by atoms with Crippen LogP contribution >= 0.6 is 15.9 Å². The molecule has 31 heavy (non-hydrogen) atoms. The Labute approximate surface area is 186 Å². The lowest BCUT2D eigenvalue weighted by Gasteiger charge is -2.18. The number of anilines is 1. The molecule has 7 nitrogen and oxygen atoms in total. The highest BCUT2D eigenvalue weighted by molar-refractivity contribution is 9.10. The third kappa shape index (κ3) is 4.64. The maximum absolute atomic E-state index is 12.5. The second kappa shape index (κ2) is 8.69. The number of halogens is 1. The third-order valence-electron chi connectivity index (χ3n) is 4.69. The molecule has 8 heteroatoms. The maximum atomic E-state index is 12.5. The van der Waals surface area contributed by atoms with Crippen LogP contribution in [0.2, 0.25) is 0 Å². The number of Topliss-reactive ketones (excluding diaryl/α,β-unsaturated/α-hetero) is 1. The predicted octanol–water partition coefficient (Wildman–Crippen LogP) is 4.19. The van der Waals surface area contributed by atoms with Gasteiger partial charge in [0.15, 0.2) is 19.0 Å². The van der Waals surface area contributed by atoms with E-state index in [2.05, 4.69) is 26.2 Å². The molecule has 2 heterocycles. The highest BCUT2D eigenvalue weighted by atomic mass is 79.9. The van der Waals surface area contributed by atoms with Crippen LogP contribution in [0.4, 0.5) is 5.69 Å². The molecule has 2 aromatic carbocycles. The molecule has 0 unspecified atom stereocenters. The van der Waals surface area contributed by atoms with E-state index in [9.17, 15) is 14.4 Å². The van der Waals surface area contributed by atoms with Crippen LogP contribution in [0.3, 0.4) is 0 Å². The number of carbonyl (C=O) groups excluding carboxylic acids is 3. The number of fused-ring (bicyclic) bond motifs is 1. The van der Waals surface area contributed by atoms with Crippen molar-refractivity contribution >= 4 is 39.3 Å². The van der Waals surface area contributed by atoms with E-state index in [4.69, 9.17) is 9.47 Å². The molecule has 0 fully saturated rings. The maximum Gasteiger partial charge on any atom is 0.340 e. The lowest BCUT2D eigenvalue weighted by molar-refractivity contribution is -0.118. The van der Waals surface area contributed by atoms with Gasteiger partial charge in [-0.25, -0.2) is 4.79 Å². The minimum atomic E-state index is -0.631. The molecule has 0 spiro atoms. The van der Waals surface area contributed by atoms with Crippen molar-refractivity contribution in [3.05, 3.63) is 75.9 Å². The van der Waals surface area contributed by atoms with Crippen LogP contribution in [0.5, 0.6) is 5.75 Å². The van der Waals surface area contributed by atoms with Crippen LogP contribution in [0.25, 0.3) is 11.3 Å². The van der Waals surface area contributed by atoms with E-state index >= 15 is 0 Å². The fraction of sp³-hybridized carbons (Fsp3) is 0.130. The molecule has 1 N–H and O–H groups in total. The standard InChI is InChI=1S/C23H17BrN2O5/c1-13-17(6-7-18(25-13)14-3-2-4-16(24)9-14)23(29)31-11-20(27)15-5-8-21-19(10-15)26-22(28)12-30-21/h2-10H,11-12H2,1H3,(H,26,28). The summed E-state index contributed by atoms with van der Waals surface area (Å²) in [5.41, 5.74) is 3.15. The van der Waals surface area contributed by atoms with Gasteiger partial charge in [0, 0.05) is 15.6 Å². The van der Waals surface area contributed by atoms with Crippen molar-refractivity contribution in [2.45, 2.75) is 6.92 Å². The number of hydrogen-bond acceptors (Lipinski definition) is 6. The molecule has 0 saturated heterocycles. The van der Waals surface area contributed by atoms with Crippen molar-refractivity contribution in [2.24, 2.45) is 0 Å². The Hall–Kier alpha value is -3.52. The van der Waals surface area contributed by atoms with E-state index in [1.807, 2.05) is 24.3 Å². The molecular weight excluding hydrogens is 464 g/mol. The summed E-state index contributed by atoms with van der Waals surface area (Å²) in [6, 6.07) is 15.7. The van der Waals surface area contributed by atoms with Crippen molar-refractivity contribution < 1.29 is 23.9 Å². The third-order valence-corrected chi connectivity index (χ3v) is 5.19. The van der Waals surface area contributed by atoms with E-state index in [1.54, 1.807) is 31.2 Å². The van der Waals surface area contributed by atoms with Crippen LogP contribution < -0.4 is 10.1 Å². The molecule has 1 aromatic heterocycles. The van der Waals surface area contributed by atoms with Gasteiger partial charge in [-0.3, -0.25) is 14.6 Å². The molecule has 4 rings (SSSR count). The number of amides is 1. The lowest BCUT2D eigenvalue weighted by atomic mass is 10.1. The molecule has 1 aliphatic heterocycles. The minimum absolute atomic E-state index is 0.0639. The van der Waals surface area contributed by atoms with E-state index in [-0.39, 0.29) is 18.1 Å². The van der Waals surface area contributed by atoms with Crippen molar-refractivity contribution in [3.63, 3.8) is 0 Å². The summed E-state index contributed by atoms with van der Waals surface area (Å²) in [5.74, 6) is -0.834. The van der Waals surface area contributed by atoms with Crippen LogP contribution in [-0.2, 0) is 9.53 Å². The fourth-order valence-electron chi connectivity index (χ4n) is 3.13. The van der Waals surface area contributed by atoms with Crippen LogP contribution in [0, 0.1) is 6.92 Å². The molecule has 0 radical (unpaired) electrons. The van der Waals surface area contributed by atoms with Crippen molar-refractivity contribution in [2.75, 3.05) is 18.5 Å². The van der Waals surface area contributed by atoms with Crippen molar-refractivity contribution in [1.82, 2.24) is 4.98 Å². The summed E-state index contributed by atoms with van der Waals surface area (Å²) < 4.78 is 11.4. The number of pyridine rings is 1. The van der Waals surface area contributed by atoms with Gasteiger partial charge >= 0.3 is 5.97 Å². The summed E-state index contributed by atoms with van der Waals surface area (Å²) in [7, 11) is 0. The highest BCUT2D eigenvalue weighted by Crippen LogP contribution is 2.28. The van der Waals surface area contributed by atoms with Gasteiger partial charge in [0.2, 0.25) is 0 Å². The van der Waals surface area contributed by atoms with Crippen LogP contribution in [-0.4, -0.2) is 35.9 Å². The molecule has 3 aromatic rings. The first-order valence-electron chi connectivity index (χ1n) is 9.41. The Morgan fingerprint density at radius 1 is 1.16 bits per heavy atom. The Morgan fingerprint density at radius 3 is 2.77 bits per heavy atom. The second-order valence-electron chi connectivity index (χ2n) is 6.89. The molecule has 0 bridgehead atoms. The number of aryl methyl sites for hydroxylation is 1. The summed E-state index contributed by atoms with van der Waals surface area (Å²) in [6.07, 6.45) is 0. The summed E-state index contributed by atoms with van der Waals surface area (Å²) in [4.78, 5) is 40.9. The highest BCUT2D eigenvalue weighted by Gasteiger charge is 2.19. The quantitative estimate of drug-likeness (QED) is 0.434. The average molecular weight is 481 g/mol. The van der Waals surface area contributed by atoms with Crippen molar-refractivity contribution in [1.29, 1.82) is 0 Å². The Kier molecular flexibility index (Phi) is 5.81. The number of ether oxygens (including phenoxy) is 2. The van der Waals surface area contributed by atoms with Gasteiger partial charge in [0.25, 0.3) is 5.91 Å². The first-order valence-corrected chi connectivity index (χ1v) is 10.2. The number of benzene rings is 2. The SMILES string of the molecule is Cc1nc(-c2cccc(Br)c2)ccc1C(=O)OCC(=O)c1ccc2c(c1)NC(=O)CO2. The number of ketones is 1. The van der Waals surface area contributed by atoms with Gasteiger partial charge in [-0.15, -0.1) is 0 Å². The predicted molar refractivity (Wildman–Crippen MR) is 117 cm³/mol. The second-order valence-corrected chi connectivity index (χ2v) is 7.80. The van der Waals surface area contributed by atoms with Gasteiger partial charge in [0.05, 0.1) is 22.6 Å². The smallest absolute Gasteiger partial charge is 0.340 e. The number of carbonyl (C=O) groups is 3. The van der Waals surface area contributed by atoms with Crippen molar-refractivity contribution in [3.8, 4) is 17.0 Å². The number of aromatic nitrogens is 1. The molecule has 0 aliphatic carbocycles. The number of hydrogen-bond donors (Lipinski definition) is 1. The normalized spacial score (nSPS) is 12.4. The van der Waals surface area contributed by atoms with Gasteiger partial charge in [-0.05, 0) is 49.4 Å². The van der Waals surface area contributed by atoms with Gasteiger partial charge < -0.3 is 14.8 Å². The van der Waals surface area contributed by atoms with Crippen LogP contribution in [0.1, 0.15) is 26.4 Å². The summed E-state index contributed by atoms with van der Waals surface area (Å²) in [5, 5.41) is 2.64. The molecule has 0 saturated carbocycles. The topological polar surface area (TPSA) is 94.6 Å². The summed E-state index contributed by atoms with van der Waals surface area (Å²) >= 11 is 3.43. The first-order chi connectivity index (χ1) is 14.9. The minimum Gasteiger partial charge on any atom is -0.482 e. The first kappa shape index (κ1) is 20.7. The zero-order valence-electron chi connectivity index (χ0n) is 16.5. The zero-order valence-corrected chi connectivity index (χ0v) is 18.1. The molecular formula is C23H17BrN2O5. The van der Waals surface area contributed by atoms with Crippen LogP contribution in [0.15, 0.2) is 59.1 Å². The molecule has 1 amide bonds. The Balaban J connectivity index is 1.43.